The molecule has 146 valence electrons. The first kappa shape index (κ1) is 20.4. The zero-order chi connectivity index (χ0) is 19.2. The second-order valence-electron chi connectivity index (χ2n) is 6.98. The molecule has 0 spiro atoms. The third-order valence-corrected chi connectivity index (χ3v) is 6.67. The number of rotatable bonds is 5. The zero-order valence-corrected chi connectivity index (χ0v) is 18.0. The fourth-order valence-electron chi connectivity index (χ4n) is 3.63. The van der Waals surface area contributed by atoms with Crippen LogP contribution in [0.5, 0.6) is 0 Å². The maximum Gasteiger partial charge on any atom is 0.242 e. The monoisotopic (exact) mass is 451 g/mol. The van der Waals surface area contributed by atoms with Crippen molar-refractivity contribution in [3.05, 3.63) is 28.7 Å². The third kappa shape index (κ3) is 5.35. The number of anilines is 1. The predicted molar refractivity (Wildman–Crippen MR) is 115 cm³/mol. The van der Waals surface area contributed by atoms with Crippen LogP contribution in [0.4, 0.5) is 5.69 Å². The Labute approximate surface area is 173 Å². The third-order valence-electron chi connectivity index (χ3n) is 4.95. The largest absolute Gasteiger partial charge is 0.326 e. The molecule has 1 unspecified atom stereocenters. The molecule has 1 aliphatic heterocycles. The van der Waals surface area contributed by atoms with Crippen molar-refractivity contribution in [2.45, 2.75) is 63.2 Å². The number of hydrogen-bond donors (Lipinski definition) is 1. The van der Waals surface area contributed by atoms with Crippen LogP contribution in [0.3, 0.4) is 0 Å². The number of hydrogen-bond acceptors (Lipinski definition) is 4. The van der Waals surface area contributed by atoms with E-state index >= 15 is 0 Å². The molecular formula is C20H26BrN3O2S. The Hall–Kier alpha value is -1.34. The highest BCUT2D eigenvalue weighted by Gasteiger charge is 2.42. The van der Waals surface area contributed by atoms with Gasteiger partial charge in [0, 0.05) is 29.2 Å². The summed E-state index contributed by atoms with van der Waals surface area (Å²) >= 11 is 4.83. The second kappa shape index (κ2) is 9.73. The zero-order valence-electron chi connectivity index (χ0n) is 15.6. The highest BCUT2D eigenvalue weighted by Crippen LogP contribution is 2.35. The number of amidine groups is 1. The van der Waals surface area contributed by atoms with Gasteiger partial charge in [-0.25, -0.2) is 0 Å². The van der Waals surface area contributed by atoms with Gasteiger partial charge >= 0.3 is 0 Å². The van der Waals surface area contributed by atoms with E-state index < -0.39 is 0 Å². The van der Waals surface area contributed by atoms with Crippen molar-refractivity contribution in [3.8, 4) is 0 Å². The number of carbonyl (C=O) groups is 2. The molecule has 1 aliphatic carbocycles. The molecule has 1 saturated carbocycles. The minimum atomic E-state index is -0.381. The van der Waals surface area contributed by atoms with Gasteiger partial charge < -0.3 is 5.32 Å². The molecule has 7 heteroatoms. The molecule has 2 amide bonds. The molecule has 1 heterocycles. The quantitative estimate of drug-likeness (QED) is 0.652. The number of carbonyl (C=O) groups excluding carboxylic acids is 2. The summed E-state index contributed by atoms with van der Waals surface area (Å²) in [6.07, 6.45) is 7.04. The molecule has 1 atom stereocenters. The Bertz CT molecular complexity index is 700. The van der Waals surface area contributed by atoms with Gasteiger partial charge in [-0.3, -0.25) is 19.5 Å². The highest BCUT2D eigenvalue weighted by atomic mass is 79.9. The van der Waals surface area contributed by atoms with Crippen LogP contribution in [0.1, 0.15) is 51.9 Å². The SMILES string of the molecule is CCN=C1SC(CC(=O)Nc2ccc(Br)cc2)C(=O)N1C1CCCCCC1. The fraction of sp³-hybridized carbons (Fsp3) is 0.550. The Morgan fingerprint density at radius 3 is 2.52 bits per heavy atom. The molecule has 0 radical (unpaired) electrons. The normalized spacial score (nSPS) is 22.9. The summed E-state index contributed by atoms with van der Waals surface area (Å²) in [6, 6.07) is 7.67. The van der Waals surface area contributed by atoms with Crippen LogP contribution in [0, 0.1) is 0 Å². The van der Waals surface area contributed by atoms with Crippen molar-refractivity contribution in [2.24, 2.45) is 4.99 Å². The number of halogens is 1. The van der Waals surface area contributed by atoms with Crippen LogP contribution in [0.15, 0.2) is 33.7 Å². The Morgan fingerprint density at radius 1 is 1.22 bits per heavy atom. The molecule has 5 nitrogen and oxygen atoms in total. The number of aliphatic imine (C=N–C) groups is 1. The first-order chi connectivity index (χ1) is 13.1. The first-order valence-corrected chi connectivity index (χ1v) is 11.4. The molecular weight excluding hydrogens is 426 g/mol. The van der Waals surface area contributed by atoms with Gasteiger partial charge in [-0.05, 0) is 44.0 Å². The molecule has 1 aromatic carbocycles. The molecule has 1 aromatic rings. The van der Waals surface area contributed by atoms with Crippen molar-refractivity contribution in [3.63, 3.8) is 0 Å². The maximum atomic E-state index is 13.1. The van der Waals surface area contributed by atoms with Crippen molar-refractivity contribution in [1.82, 2.24) is 4.90 Å². The van der Waals surface area contributed by atoms with E-state index in [9.17, 15) is 9.59 Å². The molecule has 2 aliphatic rings. The van der Waals surface area contributed by atoms with E-state index in [1.807, 2.05) is 36.1 Å². The Morgan fingerprint density at radius 2 is 1.89 bits per heavy atom. The molecule has 3 rings (SSSR count). The van der Waals surface area contributed by atoms with E-state index in [1.165, 1.54) is 24.6 Å². The van der Waals surface area contributed by atoms with E-state index in [4.69, 9.17) is 0 Å². The van der Waals surface area contributed by atoms with E-state index in [0.29, 0.717) is 6.54 Å². The van der Waals surface area contributed by atoms with Crippen LogP contribution in [0.2, 0.25) is 0 Å². The van der Waals surface area contributed by atoms with Crippen molar-refractivity contribution >= 4 is 50.4 Å². The summed E-state index contributed by atoms with van der Waals surface area (Å²) in [5.74, 6) is -0.0909. The van der Waals surface area contributed by atoms with Crippen molar-refractivity contribution < 1.29 is 9.59 Å². The van der Waals surface area contributed by atoms with Crippen LogP contribution < -0.4 is 5.32 Å². The summed E-state index contributed by atoms with van der Waals surface area (Å²) in [7, 11) is 0. The number of nitrogens with zero attached hydrogens (tertiary/aromatic N) is 2. The van der Waals surface area contributed by atoms with Gasteiger partial charge in [0.25, 0.3) is 0 Å². The lowest BCUT2D eigenvalue weighted by molar-refractivity contribution is -0.129. The Balaban J connectivity index is 1.66. The van der Waals surface area contributed by atoms with Gasteiger partial charge in [0.15, 0.2) is 5.17 Å². The highest BCUT2D eigenvalue weighted by molar-refractivity contribution is 9.10. The van der Waals surface area contributed by atoms with Gasteiger partial charge in [-0.1, -0.05) is 53.4 Å². The minimum absolute atomic E-state index is 0.0463. The molecule has 27 heavy (non-hydrogen) atoms. The Kier molecular flexibility index (Phi) is 7.35. The van der Waals surface area contributed by atoms with Crippen LogP contribution >= 0.6 is 27.7 Å². The molecule has 0 aromatic heterocycles. The van der Waals surface area contributed by atoms with E-state index in [0.717, 1.165) is 41.0 Å². The summed E-state index contributed by atoms with van der Waals surface area (Å²) in [6.45, 7) is 2.63. The number of thioether (sulfide) groups is 1. The lowest BCUT2D eigenvalue weighted by Crippen LogP contribution is -2.41. The van der Waals surface area contributed by atoms with Crippen LogP contribution in [-0.4, -0.2) is 39.7 Å². The lowest BCUT2D eigenvalue weighted by atomic mass is 10.1. The topological polar surface area (TPSA) is 61.8 Å². The fourth-order valence-corrected chi connectivity index (χ4v) is 5.15. The summed E-state index contributed by atoms with van der Waals surface area (Å²) in [5, 5.41) is 3.31. The summed E-state index contributed by atoms with van der Waals surface area (Å²) in [5.41, 5.74) is 0.738. The minimum Gasteiger partial charge on any atom is -0.326 e. The van der Waals surface area contributed by atoms with Crippen LogP contribution in [-0.2, 0) is 9.59 Å². The average Bonchev–Trinajstić information content (AvgIpc) is 2.82. The lowest BCUT2D eigenvalue weighted by Gasteiger charge is -2.26. The second-order valence-corrected chi connectivity index (χ2v) is 9.06. The smallest absolute Gasteiger partial charge is 0.242 e. The van der Waals surface area contributed by atoms with Gasteiger partial charge in [0.2, 0.25) is 11.8 Å². The summed E-state index contributed by atoms with van der Waals surface area (Å²) < 4.78 is 0.960. The predicted octanol–water partition coefficient (Wildman–Crippen LogP) is 4.82. The van der Waals surface area contributed by atoms with E-state index in [2.05, 4.69) is 26.2 Å². The summed E-state index contributed by atoms with van der Waals surface area (Å²) in [4.78, 5) is 32.0. The maximum absolute atomic E-state index is 13.1. The number of benzene rings is 1. The number of nitrogens with one attached hydrogen (secondary N) is 1. The average molecular weight is 452 g/mol. The molecule has 2 fully saturated rings. The van der Waals surface area contributed by atoms with Gasteiger partial charge in [0.05, 0.1) is 0 Å². The molecule has 0 bridgehead atoms. The van der Waals surface area contributed by atoms with Gasteiger partial charge in [-0.2, -0.15) is 0 Å². The van der Waals surface area contributed by atoms with Crippen LogP contribution in [0.25, 0.3) is 0 Å². The van der Waals surface area contributed by atoms with E-state index in [-0.39, 0.29) is 29.5 Å². The van der Waals surface area contributed by atoms with Crippen molar-refractivity contribution in [2.75, 3.05) is 11.9 Å². The number of amides is 2. The molecule has 1 N–H and O–H groups in total. The molecule has 1 saturated heterocycles. The van der Waals surface area contributed by atoms with Crippen molar-refractivity contribution in [1.29, 1.82) is 0 Å². The standard InChI is InChI=1S/C20H26BrN3O2S/c1-2-22-20-24(16-7-5-3-4-6-8-16)19(26)17(27-20)13-18(25)23-15-11-9-14(21)10-12-15/h9-12,16-17H,2-8,13H2,1H3,(H,23,25). The van der Waals surface area contributed by atoms with Gasteiger partial charge in [0.1, 0.15) is 5.25 Å². The first-order valence-electron chi connectivity index (χ1n) is 9.68. The van der Waals surface area contributed by atoms with E-state index in [1.54, 1.807) is 0 Å². The van der Waals surface area contributed by atoms with Gasteiger partial charge in [-0.15, -0.1) is 0 Å².